The van der Waals surface area contributed by atoms with Gasteiger partial charge in [0.15, 0.2) is 0 Å². The minimum atomic E-state index is -4.53. The number of anilines is 1. The van der Waals surface area contributed by atoms with Crippen LogP contribution in [-0.4, -0.2) is 48.7 Å². The van der Waals surface area contributed by atoms with E-state index in [1.165, 1.54) is 12.1 Å². The van der Waals surface area contributed by atoms with Crippen molar-refractivity contribution >= 4 is 11.6 Å². The molecule has 204 valence electrons. The number of rotatable bonds is 6. The SMILES string of the molecule is Cc1ccc(C(=O)Nc2ccc(CN3CCCCC3)c(C(F)(F)F)c2)cc1-n1cc(-c2cnn(C)c2C)nn1. The van der Waals surface area contributed by atoms with Crippen LogP contribution in [0.25, 0.3) is 16.9 Å². The molecular formula is C28H30F3N7O. The van der Waals surface area contributed by atoms with E-state index < -0.39 is 17.6 Å². The van der Waals surface area contributed by atoms with E-state index in [1.807, 2.05) is 25.8 Å². The Hall–Kier alpha value is -3.99. The van der Waals surface area contributed by atoms with E-state index in [0.29, 0.717) is 11.4 Å². The molecule has 1 N–H and O–H groups in total. The molecule has 1 aliphatic rings. The number of likely N-dealkylation sites (tertiary alicyclic amines) is 1. The molecule has 1 aliphatic heterocycles. The van der Waals surface area contributed by atoms with Crippen molar-refractivity contribution < 1.29 is 18.0 Å². The molecule has 0 unspecified atom stereocenters. The molecule has 0 radical (unpaired) electrons. The molecule has 0 atom stereocenters. The molecular weight excluding hydrogens is 507 g/mol. The predicted octanol–water partition coefficient (Wildman–Crippen LogP) is 5.54. The Kier molecular flexibility index (Phi) is 7.26. The first-order valence-electron chi connectivity index (χ1n) is 12.9. The van der Waals surface area contributed by atoms with Gasteiger partial charge in [0.1, 0.15) is 5.69 Å². The maximum atomic E-state index is 13.9. The summed E-state index contributed by atoms with van der Waals surface area (Å²) in [6, 6.07) is 9.06. The van der Waals surface area contributed by atoms with Crippen LogP contribution in [0.2, 0.25) is 0 Å². The normalized spacial score (nSPS) is 14.5. The number of halogens is 3. The molecule has 0 saturated carbocycles. The van der Waals surface area contributed by atoms with Gasteiger partial charge in [0.25, 0.3) is 5.91 Å². The number of carbonyl (C=O) groups excluding carboxylic acids is 1. The van der Waals surface area contributed by atoms with E-state index in [-0.39, 0.29) is 23.4 Å². The van der Waals surface area contributed by atoms with E-state index in [4.69, 9.17) is 0 Å². The Balaban J connectivity index is 1.37. The Morgan fingerprint density at radius 1 is 1.05 bits per heavy atom. The van der Waals surface area contributed by atoms with Crippen LogP contribution >= 0.6 is 0 Å². The molecule has 4 aromatic rings. The number of hydrogen-bond donors (Lipinski definition) is 1. The van der Waals surface area contributed by atoms with Crippen molar-refractivity contribution in [2.75, 3.05) is 18.4 Å². The molecule has 39 heavy (non-hydrogen) atoms. The second kappa shape index (κ2) is 10.6. The van der Waals surface area contributed by atoms with Gasteiger partial charge in [-0.2, -0.15) is 18.3 Å². The van der Waals surface area contributed by atoms with Gasteiger partial charge in [0, 0.05) is 36.1 Å². The highest BCUT2D eigenvalue weighted by molar-refractivity contribution is 6.04. The fraction of sp³-hybridized carbons (Fsp3) is 0.357. The van der Waals surface area contributed by atoms with Gasteiger partial charge in [0.05, 0.1) is 23.6 Å². The van der Waals surface area contributed by atoms with Crippen LogP contribution in [-0.2, 0) is 19.8 Å². The maximum Gasteiger partial charge on any atom is 0.416 e. The Bertz CT molecular complexity index is 1500. The van der Waals surface area contributed by atoms with Crippen molar-refractivity contribution in [3.8, 4) is 16.9 Å². The van der Waals surface area contributed by atoms with Crippen LogP contribution in [0.15, 0.2) is 48.8 Å². The zero-order valence-electron chi connectivity index (χ0n) is 22.1. The lowest BCUT2D eigenvalue weighted by atomic mass is 10.0. The first-order valence-corrected chi connectivity index (χ1v) is 12.9. The molecule has 2 aromatic heterocycles. The van der Waals surface area contributed by atoms with E-state index in [9.17, 15) is 18.0 Å². The van der Waals surface area contributed by atoms with Gasteiger partial charge < -0.3 is 5.32 Å². The molecule has 2 aromatic carbocycles. The number of nitrogens with one attached hydrogen (secondary N) is 1. The Morgan fingerprint density at radius 2 is 1.82 bits per heavy atom. The first-order chi connectivity index (χ1) is 18.6. The summed E-state index contributed by atoms with van der Waals surface area (Å²) < 4.78 is 45.1. The van der Waals surface area contributed by atoms with Crippen molar-refractivity contribution in [3.05, 3.63) is 76.7 Å². The number of carbonyl (C=O) groups is 1. The van der Waals surface area contributed by atoms with E-state index in [1.54, 1.807) is 40.0 Å². The molecule has 8 nitrogen and oxygen atoms in total. The molecule has 0 bridgehead atoms. The fourth-order valence-electron chi connectivity index (χ4n) is 4.87. The topological polar surface area (TPSA) is 80.9 Å². The molecule has 5 rings (SSSR count). The van der Waals surface area contributed by atoms with Crippen LogP contribution in [0.5, 0.6) is 0 Å². The summed E-state index contributed by atoms with van der Waals surface area (Å²) in [7, 11) is 1.84. The molecule has 11 heteroatoms. The van der Waals surface area contributed by atoms with Gasteiger partial charge in [0.2, 0.25) is 0 Å². The number of nitrogens with zero attached hydrogens (tertiary/aromatic N) is 6. The standard InChI is InChI=1S/C28H30F3N7O/c1-18-7-8-20(13-26(18)38-17-25(34-35-38)23-15-32-36(3)19(23)2)27(39)33-22-10-9-21(24(14-22)28(29,30)31)16-37-11-5-4-6-12-37/h7-10,13-15,17H,4-6,11-12,16H2,1-3H3,(H,33,39). The monoisotopic (exact) mass is 537 g/mol. The lowest BCUT2D eigenvalue weighted by Crippen LogP contribution is -2.30. The first kappa shape index (κ1) is 26.6. The number of alkyl halides is 3. The number of piperidine rings is 1. The minimum absolute atomic E-state index is 0.0898. The van der Waals surface area contributed by atoms with Crippen molar-refractivity contribution in [2.24, 2.45) is 7.05 Å². The highest BCUT2D eigenvalue weighted by Crippen LogP contribution is 2.35. The van der Waals surface area contributed by atoms with Crippen LogP contribution in [0.4, 0.5) is 18.9 Å². The molecule has 0 aliphatic carbocycles. The summed E-state index contributed by atoms with van der Waals surface area (Å²) >= 11 is 0. The van der Waals surface area contributed by atoms with Gasteiger partial charge in [-0.1, -0.05) is 23.8 Å². The van der Waals surface area contributed by atoms with Gasteiger partial charge in [-0.25, -0.2) is 4.68 Å². The number of benzene rings is 2. The molecule has 1 fully saturated rings. The number of amides is 1. The predicted molar refractivity (Wildman–Crippen MR) is 142 cm³/mol. The molecule has 3 heterocycles. The third-order valence-corrected chi connectivity index (χ3v) is 7.24. The van der Waals surface area contributed by atoms with E-state index in [2.05, 4.69) is 20.7 Å². The minimum Gasteiger partial charge on any atom is -0.322 e. The molecule has 0 spiro atoms. The summed E-state index contributed by atoms with van der Waals surface area (Å²) in [5.74, 6) is -0.517. The number of aryl methyl sites for hydroxylation is 2. The Morgan fingerprint density at radius 3 is 2.51 bits per heavy atom. The molecule has 1 saturated heterocycles. The summed E-state index contributed by atoms with van der Waals surface area (Å²) in [5, 5.41) is 15.3. The summed E-state index contributed by atoms with van der Waals surface area (Å²) in [4.78, 5) is 15.1. The highest BCUT2D eigenvalue weighted by atomic mass is 19.4. The van der Waals surface area contributed by atoms with Crippen LogP contribution in [0, 0.1) is 13.8 Å². The van der Waals surface area contributed by atoms with Gasteiger partial charge in [-0.15, -0.1) is 5.10 Å². The third kappa shape index (κ3) is 5.73. The lowest BCUT2D eigenvalue weighted by Gasteiger charge is -2.27. The lowest BCUT2D eigenvalue weighted by molar-refractivity contribution is -0.138. The largest absolute Gasteiger partial charge is 0.416 e. The van der Waals surface area contributed by atoms with Crippen molar-refractivity contribution in [1.82, 2.24) is 29.7 Å². The van der Waals surface area contributed by atoms with Gasteiger partial charge in [-0.05, 0) is 75.2 Å². The van der Waals surface area contributed by atoms with Crippen LogP contribution in [0.1, 0.15) is 52.0 Å². The van der Waals surface area contributed by atoms with Crippen LogP contribution < -0.4 is 5.32 Å². The third-order valence-electron chi connectivity index (χ3n) is 7.24. The maximum absolute atomic E-state index is 13.9. The average molecular weight is 538 g/mol. The summed E-state index contributed by atoms with van der Waals surface area (Å²) in [6.07, 6.45) is 2.04. The smallest absolute Gasteiger partial charge is 0.322 e. The second-order valence-corrected chi connectivity index (χ2v) is 9.98. The number of aromatic nitrogens is 5. The zero-order valence-corrected chi connectivity index (χ0v) is 22.1. The number of hydrogen-bond acceptors (Lipinski definition) is 5. The zero-order chi connectivity index (χ0) is 27.7. The van der Waals surface area contributed by atoms with Crippen molar-refractivity contribution in [1.29, 1.82) is 0 Å². The van der Waals surface area contributed by atoms with E-state index in [0.717, 1.165) is 55.2 Å². The van der Waals surface area contributed by atoms with Crippen molar-refractivity contribution in [3.63, 3.8) is 0 Å². The summed E-state index contributed by atoms with van der Waals surface area (Å²) in [5.41, 5.74) is 3.78. The quantitative estimate of drug-likeness (QED) is 0.349. The van der Waals surface area contributed by atoms with Crippen LogP contribution in [0.3, 0.4) is 0 Å². The van der Waals surface area contributed by atoms with Gasteiger partial charge in [-0.3, -0.25) is 14.4 Å². The van der Waals surface area contributed by atoms with Gasteiger partial charge >= 0.3 is 6.18 Å². The summed E-state index contributed by atoms with van der Waals surface area (Å²) in [6.45, 7) is 5.64. The second-order valence-electron chi connectivity index (χ2n) is 9.98. The highest BCUT2D eigenvalue weighted by Gasteiger charge is 2.34. The Labute approximate surface area is 224 Å². The average Bonchev–Trinajstić information content (AvgIpc) is 3.51. The molecule has 1 amide bonds. The fourth-order valence-corrected chi connectivity index (χ4v) is 4.87. The van der Waals surface area contributed by atoms with E-state index >= 15 is 0 Å². The van der Waals surface area contributed by atoms with Crippen molar-refractivity contribution in [2.45, 2.75) is 45.8 Å².